The van der Waals surface area contributed by atoms with Gasteiger partial charge in [-0.3, -0.25) is 9.78 Å². The van der Waals surface area contributed by atoms with Crippen LogP contribution < -0.4 is 10.6 Å². The molecule has 0 radical (unpaired) electrons. The van der Waals surface area contributed by atoms with E-state index in [0.717, 1.165) is 74.1 Å². The minimum atomic E-state index is -0.996. The van der Waals surface area contributed by atoms with Crippen molar-refractivity contribution in [3.8, 4) is 11.1 Å². The summed E-state index contributed by atoms with van der Waals surface area (Å²) in [4.78, 5) is 33.1. The summed E-state index contributed by atoms with van der Waals surface area (Å²) in [5.41, 5.74) is 4.88. The number of unbranched alkanes of at least 4 members (excludes halogenated alkanes) is 4. The van der Waals surface area contributed by atoms with Gasteiger partial charge in [-0.15, -0.1) is 0 Å². The van der Waals surface area contributed by atoms with Crippen LogP contribution in [0.25, 0.3) is 11.1 Å². The Labute approximate surface area is 212 Å². The molecule has 36 heavy (non-hydrogen) atoms. The van der Waals surface area contributed by atoms with Crippen molar-refractivity contribution in [2.45, 2.75) is 63.8 Å². The number of nitrogens with zero attached hydrogens (tertiary/aromatic N) is 2. The predicted octanol–water partition coefficient (Wildman–Crippen LogP) is 5.27. The number of nitrogens with one attached hydrogen (secondary N) is 2. The molecule has 0 fully saturated rings. The van der Waals surface area contributed by atoms with Gasteiger partial charge < -0.3 is 15.7 Å². The van der Waals surface area contributed by atoms with Crippen molar-refractivity contribution in [3.63, 3.8) is 0 Å². The lowest BCUT2D eigenvalue weighted by Gasteiger charge is -2.17. The van der Waals surface area contributed by atoms with Crippen LogP contribution in [0.3, 0.4) is 0 Å². The maximum atomic E-state index is 12.6. The lowest BCUT2D eigenvalue weighted by atomic mass is 10.0. The lowest BCUT2D eigenvalue weighted by Crippen LogP contribution is -2.40. The summed E-state index contributed by atoms with van der Waals surface area (Å²) in [7, 11) is 0. The number of fused-ring (bicyclic) bond motifs is 1. The number of rotatable bonds is 12. The summed E-state index contributed by atoms with van der Waals surface area (Å²) in [6, 6.07) is 14.4. The fourth-order valence-electron chi connectivity index (χ4n) is 4.55. The van der Waals surface area contributed by atoms with Gasteiger partial charge in [0.2, 0.25) is 0 Å². The van der Waals surface area contributed by atoms with Gasteiger partial charge >= 0.3 is 5.97 Å². The topological polar surface area (TPSA) is 104 Å². The van der Waals surface area contributed by atoms with E-state index in [1.807, 2.05) is 24.3 Å². The molecule has 1 amide bonds. The first-order valence-corrected chi connectivity index (χ1v) is 12.9. The van der Waals surface area contributed by atoms with Gasteiger partial charge in [0.1, 0.15) is 11.9 Å². The largest absolute Gasteiger partial charge is 0.480 e. The SMILES string of the molecule is O=C(N[C@@H](CCCCCCCc1ccc2c(n1)NCCC2)C(=O)O)c1ccc(-c2ccncc2)cc1. The molecule has 0 unspecified atom stereocenters. The number of hydrogen-bond donors (Lipinski definition) is 3. The summed E-state index contributed by atoms with van der Waals surface area (Å²) < 4.78 is 0. The van der Waals surface area contributed by atoms with E-state index < -0.39 is 12.0 Å². The van der Waals surface area contributed by atoms with E-state index in [2.05, 4.69) is 27.8 Å². The molecule has 1 aliphatic heterocycles. The number of carbonyl (C=O) groups is 2. The molecule has 3 aromatic rings. The van der Waals surface area contributed by atoms with Crippen molar-refractivity contribution in [2.75, 3.05) is 11.9 Å². The van der Waals surface area contributed by atoms with Crippen LogP contribution in [0.4, 0.5) is 5.82 Å². The number of benzene rings is 1. The average molecular weight is 487 g/mol. The van der Waals surface area contributed by atoms with Gasteiger partial charge in [0, 0.05) is 30.2 Å². The molecule has 2 aromatic heterocycles. The Morgan fingerprint density at radius 1 is 0.917 bits per heavy atom. The smallest absolute Gasteiger partial charge is 0.326 e. The highest BCUT2D eigenvalue weighted by atomic mass is 16.4. The molecule has 0 saturated carbocycles. The number of amides is 1. The zero-order valence-corrected chi connectivity index (χ0v) is 20.6. The van der Waals surface area contributed by atoms with Crippen LogP contribution in [0.1, 0.15) is 66.6 Å². The third-order valence-corrected chi connectivity index (χ3v) is 6.64. The third-order valence-electron chi connectivity index (χ3n) is 6.64. The van der Waals surface area contributed by atoms with Gasteiger partial charge in [0.25, 0.3) is 5.91 Å². The third kappa shape index (κ3) is 7.13. The van der Waals surface area contributed by atoms with Gasteiger partial charge in [-0.05, 0) is 79.1 Å². The van der Waals surface area contributed by atoms with Crippen molar-refractivity contribution in [1.29, 1.82) is 0 Å². The molecular weight excluding hydrogens is 452 g/mol. The van der Waals surface area contributed by atoms with Crippen LogP contribution >= 0.6 is 0 Å². The molecule has 0 bridgehead atoms. The monoisotopic (exact) mass is 486 g/mol. The maximum Gasteiger partial charge on any atom is 0.326 e. The first kappa shape index (κ1) is 25.4. The Bertz CT molecular complexity index is 1150. The maximum absolute atomic E-state index is 12.6. The molecule has 3 N–H and O–H groups in total. The first-order valence-electron chi connectivity index (χ1n) is 12.9. The Hall–Kier alpha value is -3.74. The van der Waals surface area contributed by atoms with E-state index in [4.69, 9.17) is 4.98 Å². The van der Waals surface area contributed by atoms with Crippen LogP contribution in [-0.4, -0.2) is 39.5 Å². The minimum absolute atomic E-state index is 0.365. The molecule has 1 atom stereocenters. The van der Waals surface area contributed by atoms with Crippen molar-refractivity contribution in [3.05, 3.63) is 77.7 Å². The number of carboxylic acids is 1. The minimum Gasteiger partial charge on any atom is -0.480 e. The number of anilines is 1. The summed E-state index contributed by atoms with van der Waals surface area (Å²) in [5.74, 6) is -0.315. The van der Waals surface area contributed by atoms with E-state index in [9.17, 15) is 14.7 Å². The molecule has 4 rings (SSSR count). The summed E-state index contributed by atoms with van der Waals surface area (Å²) in [5, 5.41) is 15.6. The fraction of sp³-hybridized carbons (Fsp3) is 0.379. The van der Waals surface area contributed by atoms with E-state index in [1.165, 1.54) is 12.0 Å². The van der Waals surface area contributed by atoms with E-state index in [0.29, 0.717) is 12.0 Å². The zero-order chi connectivity index (χ0) is 25.2. The second-order valence-electron chi connectivity index (χ2n) is 9.32. The Kier molecular flexibility index (Phi) is 9.03. The zero-order valence-electron chi connectivity index (χ0n) is 20.6. The molecule has 7 heteroatoms. The molecule has 188 valence electrons. The molecule has 1 aliphatic rings. The van der Waals surface area contributed by atoms with E-state index in [-0.39, 0.29) is 5.91 Å². The van der Waals surface area contributed by atoms with Crippen LogP contribution in [0.5, 0.6) is 0 Å². The predicted molar refractivity (Wildman–Crippen MR) is 141 cm³/mol. The highest BCUT2D eigenvalue weighted by molar-refractivity contribution is 5.97. The lowest BCUT2D eigenvalue weighted by molar-refractivity contribution is -0.139. The molecule has 7 nitrogen and oxygen atoms in total. The number of aryl methyl sites for hydroxylation is 2. The van der Waals surface area contributed by atoms with Gasteiger partial charge in [0.15, 0.2) is 0 Å². The van der Waals surface area contributed by atoms with Crippen LogP contribution in [0.15, 0.2) is 60.9 Å². The Morgan fingerprint density at radius 3 is 2.42 bits per heavy atom. The summed E-state index contributed by atoms with van der Waals surface area (Å²) in [6.45, 7) is 1.000. The van der Waals surface area contributed by atoms with Crippen molar-refractivity contribution < 1.29 is 14.7 Å². The number of hydrogen-bond acceptors (Lipinski definition) is 5. The van der Waals surface area contributed by atoms with Gasteiger partial charge in [-0.1, -0.05) is 43.9 Å². The second-order valence-corrected chi connectivity index (χ2v) is 9.32. The number of pyridine rings is 2. The number of carboxylic acid groups (broad SMARTS) is 1. The molecule has 0 saturated heterocycles. The highest BCUT2D eigenvalue weighted by Crippen LogP contribution is 2.21. The molecule has 1 aromatic carbocycles. The number of carbonyl (C=O) groups excluding carboxylic acids is 1. The first-order chi connectivity index (χ1) is 17.6. The standard InChI is InChI=1S/C29H34N4O3/c34-28(24-12-10-21(11-13-24)22-16-19-30-20-17-22)33-26(29(35)36)9-5-3-1-2-4-8-25-15-14-23-7-6-18-31-27(23)32-25/h10-17,19-20,26H,1-9,18H2,(H,31,32)(H,33,34)(H,35,36)/t26-/m0/s1. The molecule has 3 heterocycles. The van der Waals surface area contributed by atoms with Gasteiger partial charge in [-0.2, -0.15) is 0 Å². The average Bonchev–Trinajstić information content (AvgIpc) is 2.92. The van der Waals surface area contributed by atoms with Gasteiger partial charge in [-0.25, -0.2) is 9.78 Å². The fourth-order valence-corrected chi connectivity index (χ4v) is 4.55. The summed E-state index contributed by atoms with van der Waals surface area (Å²) in [6.07, 6.45) is 12.0. The number of aromatic nitrogens is 2. The van der Waals surface area contributed by atoms with E-state index in [1.54, 1.807) is 24.5 Å². The van der Waals surface area contributed by atoms with Crippen LogP contribution in [-0.2, 0) is 17.6 Å². The van der Waals surface area contributed by atoms with Crippen molar-refractivity contribution >= 4 is 17.7 Å². The van der Waals surface area contributed by atoms with Crippen LogP contribution in [0.2, 0.25) is 0 Å². The normalized spacial score (nSPS) is 13.3. The Morgan fingerprint density at radius 2 is 1.64 bits per heavy atom. The van der Waals surface area contributed by atoms with Crippen molar-refractivity contribution in [1.82, 2.24) is 15.3 Å². The quantitative estimate of drug-likeness (QED) is 0.301. The molecule has 0 spiro atoms. The highest BCUT2D eigenvalue weighted by Gasteiger charge is 2.20. The second kappa shape index (κ2) is 12.8. The van der Waals surface area contributed by atoms with Gasteiger partial charge in [0.05, 0.1) is 0 Å². The number of aliphatic carboxylic acids is 1. The van der Waals surface area contributed by atoms with Crippen molar-refractivity contribution in [2.24, 2.45) is 0 Å². The van der Waals surface area contributed by atoms with E-state index >= 15 is 0 Å². The van der Waals surface area contributed by atoms with Crippen LogP contribution in [0, 0.1) is 0 Å². The Balaban J connectivity index is 1.15. The summed E-state index contributed by atoms with van der Waals surface area (Å²) >= 11 is 0. The molecule has 0 aliphatic carbocycles. The molecular formula is C29H34N4O3.